The van der Waals surface area contributed by atoms with E-state index in [2.05, 4.69) is 25.8 Å². The summed E-state index contributed by atoms with van der Waals surface area (Å²) in [5.74, 6) is 0.808. The molecule has 122 valence electrons. The number of nitrogens with one attached hydrogen (secondary N) is 3. The molecular weight excluding hydrogens is 282 g/mol. The molecule has 0 atom stereocenters. The molecule has 7 nitrogen and oxygen atoms in total. The van der Waals surface area contributed by atoms with Crippen LogP contribution in [0.3, 0.4) is 0 Å². The Morgan fingerprint density at radius 2 is 2.14 bits per heavy atom. The molecule has 1 fully saturated rings. The number of aromatic nitrogens is 1. The number of carbonyl (C=O) groups is 1. The van der Waals surface area contributed by atoms with Crippen LogP contribution in [0.2, 0.25) is 0 Å². The smallest absolute Gasteiger partial charge is 0.319 e. The molecule has 0 aromatic carbocycles. The van der Waals surface area contributed by atoms with Crippen LogP contribution in [0.15, 0.2) is 18.3 Å². The molecule has 7 heteroatoms. The number of ether oxygens (including phenoxy) is 1. The van der Waals surface area contributed by atoms with E-state index in [4.69, 9.17) is 4.74 Å². The molecule has 1 saturated heterocycles. The quantitative estimate of drug-likeness (QED) is 0.739. The average Bonchev–Trinajstić information content (AvgIpc) is 2.49. The van der Waals surface area contributed by atoms with Crippen molar-refractivity contribution in [3.8, 4) is 0 Å². The molecule has 3 N–H and O–H groups in total. The van der Waals surface area contributed by atoms with Gasteiger partial charge in [-0.25, -0.2) is 9.78 Å². The predicted molar refractivity (Wildman–Crippen MR) is 87.3 cm³/mol. The van der Waals surface area contributed by atoms with Crippen LogP contribution < -0.4 is 16.0 Å². The standard InChI is InChI=1S/C15H25N5O2/c1-12(2)18-15(21)19-13-3-4-14(17-11-13)16-5-6-20-7-9-22-10-8-20/h3-4,11-12H,5-10H2,1-2H3,(H,16,17)(H2,18,19,21). The van der Waals surface area contributed by atoms with Crippen molar-refractivity contribution in [3.05, 3.63) is 18.3 Å². The molecule has 0 spiro atoms. The second-order valence-electron chi connectivity index (χ2n) is 5.57. The number of urea groups is 1. The van der Waals surface area contributed by atoms with Crippen LogP contribution in [0.5, 0.6) is 0 Å². The Morgan fingerprint density at radius 1 is 1.36 bits per heavy atom. The van der Waals surface area contributed by atoms with Gasteiger partial charge in [0.15, 0.2) is 0 Å². The van der Waals surface area contributed by atoms with Gasteiger partial charge in [-0.2, -0.15) is 0 Å². The zero-order valence-electron chi connectivity index (χ0n) is 13.3. The molecule has 0 unspecified atom stereocenters. The summed E-state index contributed by atoms with van der Waals surface area (Å²) in [6.45, 7) is 9.26. The summed E-state index contributed by atoms with van der Waals surface area (Å²) >= 11 is 0. The fourth-order valence-electron chi connectivity index (χ4n) is 2.17. The molecule has 1 aromatic rings. The fourth-order valence-corrected chi connectivity index (χ4v) is 2.17. The zero-order chi connectivity index (χ0) is 15.8. The molecular formula is C15H25N5O2. The van der Waals surface area contributed by atoms with E-state index in [0.717, 1.165) is 45.2 Å². The van der Waals surface area contributed by atoms with Crippen LogP contribution in [0.25, 0.3) is 0 Å². The average molecular weight is 307 g/mol. The summed E-state index contributed by atoms with van der Waals surface area (Å²) in [5, 5.41) is 8.80. The monoisotopic (exact) mass is 307 g/mol. The van der Waals surface area contributed by atoms with E-state index >= 15 is 0 Å². The highest BCUT2D eigenvalue weighted by Gasteiger charge is 2.09. The summed E-state index contributed by atoms with van der Waals surface area (Å²) in [4.78, 5) is 18.2. The number of anilines is 2. The lowest BCUT2D eigenvalue weighted by molar-refractivity contribution is 0.0398. The maximum Gasteiger partial charge on any atom is 0.319 e. The highest BCUT2D eigenvalue weighted by atomic mass is 16.5. The van der Waals surface area contributed by atoms with Crippen molar-refractivity contribution >= 4 is 17.5 Å². The summed E-state index contributed by atoms with van der Waals surface area (Å²) in [6.07, 6.45) is 1.65. The molecule has 2 rings (SSSR count). The number of carbonyl (C=O) groups excluding carboxylic acids is 1. The predicted octanol–water partition coefficient (Wildman–Crippen LogP) is 1.36. The number of rotatable bonds is 6. The number of amides is 2. The van der Waals surface area contributed by atoms with Gasteiger partial charge in [-0.15, -0.1) is 0 Å². The number of morpholine rings is 1. The third-order valence-electron chi connectivity index (χ3n) is 3.28. The lowest BCUT2D eigenvalue weighted by Crippen LogP contribution is -2.39. The summed E-state index contributed by atoms with van der Waals surface area (Å²) in [5.41, 5.74) is 0.678. The SMILES string of the molecule is CC(C)NC(=O)Nc1ccc(NCCN2CCOCC2)nc1. The lowest BCUT2D eigenvalue weighted by Gasteiger charge is -2.26. The summed E-state index contributed by atoms with van der Waals surface area (Å²) < 4.78 is 5.32. The molecule has 22 heavy (non-hydrogen) atoms. The van der Waals surface area contributed by atoms with Gasteiger partial charge in [0.1, 0.15) is 5.82 Å². The van der Waals surface area contributed by atoms with Gasteiger partial charge in [0, 0.05) is 32.2 Å². The van der Waals surface area contributed by atoms with Crippen molar-refractivity contribution in [1.82, 2.24) is 15.2 Å². The highest BCUT2D eigenvalue weighted by Crippen LogP contribution is 2.09. The largest absolute Gasteiger partial charge is 0.379 e. The van der Waals surface area contributed by atoms with Crippen molar-refractivity contribution in [3.63, 3.8) is 0 Å². The van der Waals surface area contributed by atoms with Crippen molar-refractivity contribution < 1.29 is 9.53 Å². The molecule has 0 aliphatic carbocycles. The van der Waals surface area contributed by atoms with E-state index in [1.807, 2.05) is 26.0 Å². The van der Waals surface area contributed by atoms with Gasteiger partial charge >= 0.3 is 6.03 Å². The Hall–Kier alpha value is -1.86. The Kier molecular flexibility index (Phi) is 6.42. The van der Waals surface area contributed by atoms with E-state index in [0.29, 0.717) is 5.69 Å². The second kappa shape index (κ2) is 8.55. The van der Waals surface area contributed by atoms with Gasteiger partial charge in [-0.1, -0.05) is 0 Å². The summed E-state index contributed by atoms with van der Waals surface area (Å²) in [7, 11) is 0. The number of hydrogen-bond acceptors (Lipinski definition) is 5. The Morgan fingerprint density at radius 3 is 2.77 bits per heavy atom. The number of pyridine rings is 1. The van der Waals surface area contributed by atoms with Gasteiger partial charge in [-0.05, 0) is 26.0 Å². The van der Waals surface area contributed by atoms with Crippen molar-refractivity contribution in [2.75, 3.05) is 50.0 Å². The first-order valence-corrected chi connectivity index (χ1v) is 7.71. The Labute approximate surface area is 131 Å². The Bertz CT molecular complexity index is 458. The molecule has 0 radical (unpaired) electrons. The third-order valence-corrected chi connectivity index (χ3v) is 3.28. The first kappa shape index (κ1) is 16.5. The lowest BCUT2D eigenvalue weighted by atomic mass is 10.3. The molecule has 1 aromatic heterocycles. The van der Waals surface area contributed by atoms with Crippen LogP contribution in [0.4, 0.5) is 16.3 Å². The van der Waals surface area contributed by atoms with Crippen LogP contribution in [-0.4, -0.2) is 61.3 Å². The molecule has 0 saturated carbocycles. The van der Waals surface area contributed by atoms with Gasteiger partial charge in [0.05, 0.1) is 25.1 Å². The Balaban J connectivity index is 1.70. The molecule has 0 bridgehead atoms. The van der Waals surface area contributed by atoms with E-state index in [9.17, 15) is 4.79 Å². The third kappa shape index (κ3) is 5.87. The van der Waals surface area contributed by atoms with Gasteiger partial charge in [-0.3, -0.25) is 4.90 Å². The summed E-state index contributed by atoms with van der Waals surface area (Å²) in [6, 6.07) is 3.59. The van der Waals surface area contributed by atoms with E-state index in [1.54, 1.807) is 6.20 Å². The fraction of sp³-hybridized carbons (Fsp3) is 0.600. The first-order valence-electron chi connectivity index (χ1n) is 7.71. The first-order chi connectivity index (χ1) is 10.6. The van der Waals surface area contributed by atoms with Crippen LogP contribution in [0.1, 0.15) is 13.8 Å². The highest BCUT2D eigenvalue weighted by molar-refractivity contribution is 5.89. The van der Waals surface area contributed by atoms with Gasteiger partial charge < -0.3 is 20.7 Å². The second-order valence-corrected chi connectivity index (χ2v) is 5.57. The minimum absolute atomic E-state index is 0.106. The maximum absolute atomic E-state index is 11.6. The van der Waals surface area contributed by atoms with E-state index in [1.165, 1.54) is 0 Å². The normalized spacial score (nSPS) is 15.6. The molecule has 1 aliphatic heterocycles. The minimum atomic E-state index is -0.218. The topological polar surface area (TPSA) is 78.5 Å². The molecule has 1 aliphatic rings. The van der Waals surface area contributed by atoms with Crippen LogP contribution in [-0.2, 0) is 4.74 Å². The molecule has 2 heterocycles. The van der Waals surface area contributed by atoms with Gasteiger partial charge in [0.2, 0.25) is 0 Å². The number of hydrogen-bond donors (Lipinski definition) is 3. The van der Waals surface area contributed by atoms with Crippen LogP contribution in [0, 0.1) is 0 Å². The minimum Gasteiger partial charge on any atom is -0.379 e. The van der Waals surface area contributed by atoms with Gasteiger partial charge in [0.25, 0.3) is 0 Å². The zero-order valence-corrected chi connectivity index (χ0v) is 13.3. The molecule has 2 amide bonds. The van der Waals surface area contributed by atoms with Crippen molar-refractivity contribution in [2.24, 2.45) is 0 Å². The number of nitrogens with zero attached hydrogens (tertiary/aromatic N) is 2. The van der Waals surface area contributed by atoms with E-state index in [-0.39, 0.29) is 12.1 Å². The van der Waals surface area contributed by atoms with Crippen molar-refractivity contribution in [2.45, 2.75) is 19.9 Å². The van der Waals surface area contributed by atoms with Crippen LogP contribution >= 0.6 is 0 Å². The van der Waals surface area contributed by atoms with Crippen molar-refractivity contribution in [1.29, 1.82) is 0 Å². The maximum atomic E-state index is 11.6. The van der Waals surface area contributed by atoms with E-state index < -0.39 is 0 Å².